The highest BCUT2D eigenvalue weighted by molar-refractivity contribution is 5.73. The van der Waals surface area contributed by atoms with Crippen LogP contribution in [-0.2, 0) is 4.79 Å². The lowest BCUT2D eigenvalue weighted by molar-refractivity contribution is -0.143. The molecule has 0 saturated heterocycles. The second-order valence-electron chi connectivity index (χ2n) is 5.16. The third-order valence-corrected chi connectivity index (χ3v) is 4.19. The summed E-state index contributed by atoms with van der Waals surface area (Å²) in [6.07, 6.45) is 4.36. The van der Waals surface area contributed by atoms with Crippen LogP contribution in [0.1, 0.15) is 19.3 Å². The van der Waals surface area contributed by atoms with Crippen LogP contribution < -0.4 is 10.9 Å². The number of carboxylic acid groups (broad SMARTS) is 1. The first-order valence-corrected chi connectivity index (χ1v) is 6.19. The van der Waals surface area contributed by atoms with Crippen molar-refractivity contribution in [1.29, 1.82) is 0 Å². The normalized spacial score (nSPS) is 33.6. The maximum absolute atomic E-state index is 11.3. The van der Waals surface area contributed by atoms with Crippen molar-refractivity contribution in [2.75, 3.05) is 5.32 Å². The Balaban J connectivity index is 1.83. The van der Waals surface area contributed by atoms with E-state index >= 15 is 0 Å². The SMILES string of the molecule is O=C(O)C1C2CCC(C2)C1Nc1cc(=O)[nH]cn1. The second kappa shape index (κ2) is 4.12. The lowest BCUT2D eigenvalue weighted by Crippen LogP contribution is -2.39. The molecule has 0 aliphatic heterocycles. The van der Waals surface area contributed by atoms with E-state index in [1.54, 1.807) is 0 Å². The number of aromatic amines is 1. The Hall–Kier alpha value is -1.85. The van der Waals surface area contributed by atoms with E-state index in [9.17, 15) is 14.7 Å². The number of anilines is 1. The van der Waals surface area contributed by atoms with E-state index in [1.807, 2.05) is 0 Å². The fourth-order valence-electron chi connectivity index (χ4n) is 3.47. The second-order valence-corrected chi connectivity index (χ2v) is 5.16. The summed E-state index contributed by atoms with van der Waals surface area (Å²) in [6.45, 7) is 0. The van der Waals surface area contributed by atoms with Crippen molar-refractivity contribution in [3.05, 3.63) is 22.7 Å². The number of carboxylic acids is 1. The predicted octanol–water partition coefficient (Wildman–Crippen LogP) is 0.681. The van der Waals surface area contributed by atoms with Gasteiger partial charge >= 0.3 is 5.97 Å². The number of aromatic nitrogens is 2. The zero-order valence-electron chi connectivity index (χ0n) is 9.80. The number of carbonyl (C=O) groups is 1. The first-order valence-electron chi connectivity index (χ1n) is 6.19. The molecule has 6 heteroatoms. The predicted molar refractivity (Wildman–Crippen MR) is 64.2 cm³/mol. The van der Waals surface area contributed by atoms with Gasteiger partial charge in [0.2, 0.25) is 0 Å². The first kappa shape index (κ1) is 11.3. The maximum atomic E-state index is 11.3. The van der Waals surface area contributed by atoms with E-state index in [-0.39, 0.29) is 23.4 Å². The maximum Gasteiger partial charge on any atom is 0.308 e. The van der Waals surface area contributed by atoms with E-state index < -0.39 is 5.97 Å². The van der Waals surface area contributed by atoms with Crippen LogP contribution in [0.15, 0.2) is 17.2 Å². The van der Waals surface area contributed by atoms with Gasteiger partial charge in [-0.25, -0.2) is 4.98 Å². The summed E-state index contributed by atoms with van der Waals surface area (Å²) < 4.78 is 0. The lowest BCUT2D eigenvalue weighted by atomic mass is 9.84. The van der Waals surface area contributed by atoms with Crippen LogP contribution in [0.3, 0.4) is 0 Å². The van der Waals surface area contributed by atoms with E-state index in [1.165, 1.54) is 12.4 Å². The fraction of sp³-hybridized carbons (Fsp3) is 0.583. The summed E-state index contributed by atoms with van der Waals surface area (Å²) in [5, 5.41) is 12.4. The molecule has 2 bridgehead atoms. The molecule has 0 aromatic carbocycles. The molecule has 2 saturated carbocycles. The first-order chi connectivity index (χ1) is 8.65. The summed E-state index contributed by atoms with van der Waals surface area (Å²) in [5.41, 5.74) is -0.234. The van der Waals surface area contributed by atoms with Crippen molar-refractivity contribution < 1.29 is 9.90 Å². The molecule has 18 heavy (non-hydrogen) atoms. The van der Waals surface area contributed by atoms with Gasteiger partial charge in [0.1, 0.15) is 5.82 Å². The highest BCUT2D eigenvalue weighted by atomic mass is 16.4. The molecular weight excluding hydrogens is 234 g/mol. The molecular formula is C12H15N3O3. The molecule has 3 N–H and O–H groups in total. The molecule has 0 amide bonds. The van der Waals surface area contributed by atoms with E-state index in [2.05, 4.69) is 15.3 Å². The smallest absolute Gasteiger partial charge is 0.308 e. The Morgan fingerprint density at radius 3 is 2.94 bits per heavy atom. The van der Waals surface area contributed by atoms with Crippen LogP contribution in [-0.4, -0.2) is 27.1 Å². The van der Waals surface area contributed by atoms with Crippen LogP contribution in [0.2, 0.25) is 0 Å². The van der Waals surface area contributed by atoms with Crippen LogP contribution >= 0.6 is 0 Å². The largest absolute Gasteiger partial charge is 0.481 e. The van der Waals surface area contributed by atoms with Gasteiger partial charge in [-0.3, -0.25) is 9.59 Å². The molecule has 1 heterocycles. The Morgan fingerprint density at radius 1 is 1.44 bits per heavy atom. The number of nitrogens with zero attached hydrogens (tertiary/aromatic N) is 1. The highest BCUT2D eigenvalue weighted by Crippen LogP contribution is 2.49. The number of H-pyrrole nitrogens is 1. The zero-order valence-corrected chi connectivity index (χ0v) is 9.80. The third-order valence-electron chi connectivity index (χ3n) is 4.19. The van der Waals surface area contributed by atoms with Gasteiger partial charge in [-0.1, -0.05) is 0 Å². The van der Waals surface area contributed by atoms with Gasteiger partial charge in [-0.05, 0) is 31.1 Å². The topological polar surface area (TPSA) is 95.1 Å². The van der Waals surface area contributed by atoms with Gasteiger partial charge in [-0.15, -0.1) is 0 Å². The van der Waals surface area contributed by atoms with E-state index in [0.29, 0.717) is 11.7 Å². The molecule has 1 aromatic heterocycles. The lowest BCUT2D eigenvalue weighted by Gasteiger charge is -2.29. The van der Waals surface area contributed by atoms with Crippen molar-refractivity contribution in [2.24, 2.45) is 17.8 Å². The summed E-state index contributed by atoms with van der Waals surface area (Å²) >= 11 is 0. The number of hydrogen-bond acceptors (Lipinski definition) is 4. The standard InChI is InChI=1S/C12H15N3O3/c16-9-4-8(13-5-14-9)15-11-7-2-1-6(3-7)10(11)12(17)18/h4-7,10-11H,1-3H2,(H,17,18)(H2,13,14,15,16). The minimum absolute atomic E-state index is 0.101. The van der Waals surface area contributed by atoms with E-state index in [4.69, 9.17) is 0 Å². The van der Waals surface area contributed by atoms with Gasteiger partial charge in [0, 0.05) is 12.1 Å². The van der Waals surface area contributed by atoms with Gasteiger partial charge in [0.25, 0.3) is 5.56 Å². The molecule has 2 fully saturated rings. The van der Waals surface area contributed by atoms with Gasteiger partial charge in [0.15, 0.2) is 0 Å². The number of fused-ring (bicyclic) bond motifs is 2. The summed E-state index contributed by atoms with van der Waals surface area (Å²) in [7, 11) is 0. The third kappa shape index (κ3) is 1.77. The minimum atomic E-state index is -0.746. The van der Waals surface area contributed by atoms with Crippen LogP contribution in [0, 0.1) is 17.8 Å². The number of hydrogen-bond donors (Lipinski definition) is 3. The molecule has 2 aliphatic carbocycles. The van der Waals surface area contributed by atoms with Gasteiger partial charge in [0.05, 0.1) is 12.2 Å². The van der Waals surface area contributed by atoms with Gasteiger partial charge < -0.3 is 15.4 Å². The molecule has 4 atom stereocenters. The zero-order chi connectivity index (χ0) is 12.7. The number of nitrogens with one attached hydrogen (secondary N) is 2. The Kier molecular flexibility index (Phi) is 2.57. The van der Waals surface area contributed by atoms with Crippen LogP contribution in [0.4, 0.5) is 5.82 Å². The molecule has 4 unspecified atom stereocenters. The summed E-state index contributed by atoms with van der Waals surface area (Å²) in [4.78, 5) is 29.0. The molecule has 0 radical (unpaired) electrons. The van der Waals surface area contributed by atoms with Crippen LogP contribution in [0.25, 0.3) is 0 Å². The monoisotopic (exact) mass is 249 g/mol. The van der Waals surface area contributed by atoms with Crippen molar-refractivity contribution >= 4 is 11.8 Å². The number of rotatable bonds is 3. The van der Waals surface area contributed by atoms with Crippen molar-refractivity contribution in [3.63, 3.8) is 0 Å². The van der Waals surface area contributed by atoms with Crippen LogP contribution in [0.5, 0.6) is 0 Å². The average Bonchev–Trinajstić information content (AvgIpc) is 2.89. The number of aliphatic carboxylic acids is 1. The molecule has 1 aromatic rings. The Bertz CT molecular complexity index is 527. The highest BCUT2D eigenvalue weighted by Gasteiger charge is 2.51. The van der Waals surface area contributed by atoms with Crippen molar-refractivity contribution in [3.8, 4) is 0 Å². The quantitative estimate of drug-likeness (QED) is 0.732. The molecule has 3 rings (SSSR count). The minimum Gasteiger partial charge on any atom is -0.481 e. The molecule has 0 spiro atoms. The van der Waals surface area contributed by atoms with E-state index in [0.717, 1.165) is 19.3 Å². The average molecular weight is 249 g/mol. The van der Waals surface area contributed by atoms with Gasteiger partial charge in [-0.2, -0.15) is 0 Å². The Labute approximate surface area is 103 Å². The molecule has 96 valence electrons. The fourth-order valence-corrected chi connectivity index (χ4v) is 3.47. The molecule has 6 nitrogen and oxygen atoms in total. The van der Waals surface area contributed by atoms with Crippen molar-refractivity contribution in [2.45, 2.75) is 25.3 Å². The van der Waals surface area contributed by atoms with Crippen molar-refractivity contribution in [1.82, 2.24) is 9.97 Å². The summed E-state index contributed by atoms with van der Waals surface area (Å²) in [5.74, 6) is 0.0149. The Morgan fingerprint density at radius 2 is 2.22 bits per heavy atom. The molecule has 2 aliphatic rings. The summed E-state index contributed by atoms with van der Waals surface area (Å²) in [6, 6.07) is 1.26.